The Kier molecular flexibility index (Phi) is 3.74. The minimum absolute atomic E-state index is 0.167. The molecule has 0 radical (unpaired) electrons. The van der Waals surface area contributed by atoms with Crippen LogP contribution in [0.15, 0.2) is 60.0 Å². The summed E-state index contributed by atoms with van der Waals surface area (Å²) in [6.07, 6.45) is 0. The molecule has 0 saturated heterocycles. The van der Waals surface area contributed by atoms with Crippen molar-refractivity contribution in [1.29, 1.82) is 0 Å². The Morgan fingerprint density at radius 3 is 2.60 bits per heavy atom. The van der Waals surface area contributed by atoms with E-state index in [2.05, 4.69) is 4.98 Å². The van der Waals surface area contributed by atoms with Crippen molar-refractivity contribution in [3.8, 4) is 28.3 Å². The Balaban J connectivity index is 1.99. The molecule has 124 valence electrons. The van der Waals surface area contributed by atoms with Gasteiger partial charge in [-0.15, -0.1) is 11.3 Å². The lowest BCUT2D eigenvalue weighted by molar-refractivity contribution is 0.0690. The van der Waals surface area contributed by atoms with Gasteiger partial charge in [0.05, 0.1) is 12.8 Å². The van der Waals surface area contributed by atoms with E-state index in [9.17, 15) is 9.90 Å². The molecule has 1 N–H and O–H groups in total. The zero-order valence-corrected chi connectivity index (χ0v) is 14.2. The molecule has 6 heteroatoms. The minimum atomic E-state index is -1.01. The molecule has 5 nitrogen and oxygen atoms in total. The largest absolute Gasteiger partial charge is 0.497 e. The summed E-state index contributed by atoms with van der Waals surface area (Å²) in [6, 6.07) is 16.9. The monoisotopic (exact) mass is 350 g/mol. The number of carbonyl (C=O) groups is 1. The Bertz CT molecular complexity index is 1070. The van der Waals surface area contributed by atoms with E-state index < -0.39 is 5.97 Å². The van der Waals surface area contributed by atoms with E-state index in [1.54, 1.807) is 11.5 Å². The molecule has 0 amide bonds. The van der Waals surface area contributed by atoms with Gasteiger partial charge in [0, 0.05) is 16.5 Å². The van der Waals surface area contributed by atoms with Gasteiger partial charge >= 0.3 is 5.97 Å². The lowest BCUT2D eigenvalue weighted by atomic mass is 10.1. The average Bonchev–Trinajstić information content (AvgIpc) is 3.21. The number of imidazole rings is 1. The van der Waals surface area contributed by atoms with Gasteiger partial charge in [0.25, 0.3) is 0 Å². The molecule has 2 aromatic heterocycles. The Morgan fingerprint density at radius 2 is 1.88 bits per heavy atom. The van der Waals surface area contributed by atoms with Gasteiger partial charge in [-0.25, -0.2) is 9.78 Å². The van der Waals surface area contributed by atoms with Crippen LogP contribution in [0.5, 0.6) is 5.75 Å². The van der Waals surface area contributed by atoms with Crippen LogP contribution >= 0.6 is 11.3 Å². The molecule has 0 saturated carbocycles. The molecule has 4 rings (SSSR count). The van der Waals surface area contributed by atoms with Crippen LogP contribution in [0.3, 0.4) is 0 Å². The number of methoxy groups -OCH3 is 1. The number of carboxylic acids is 1. The molecule has 4 aromatic rings. The second-order valence-corrected chi connectivity index (χ2v) is 6.29. The van der Waals surface area contributed by atoms with Crippen molar-refractivity contribution >= 4 is 22.3 Å². The molecule has 0 aliphatic carbocycles. The molecule has 0 fully saturated rings. The number of rotatable bonds is 4. The molecule has 0 aliphatic heterocycles. The normalized spacial score (nSPS) is 10.9. The number of thiazole rings is 1. The van der Waals surface area contributed by atoms with Crippen molar-refractivity contribution in [2.45, 2.75) is 0 Å². The quantitative estimate of drug-likeness (QED) is 0.591. The smallest absolute Gasteiger partial charge is 0.355 e. The van der Waals surface area contributed by atoms with Gasteiger partial charge in [0.2, 0.25) is 0 Å². The lowest BCUT2D eigenvalue weighted by Gasteiger charge is -2.06. The molecule has 0 unspecified atom stereocenters. The molecular formula is C19H14N2O3S. The summed E-state index contributed by atoms with van der Waals surface area (Å²) in [7, 11) is 1.61. The van der Waals surface area contributed by atoms with Crippen LogP contribution in [-0.4, -0.2) is 27.6 Å². The van der Waals surface area contributed by atoms with Gasteiger partial charge in [-0.05, 0) is 12.1 Å². The third-order valence-electron chi connectivity index (χ3n) is 3.98. The number of benzene rings is 2. The first kappa shape index (κ1) is 15.4. The Labute approximate surface area is 147 Å². The Hall–Kier alpha value is -3.12. The van der Waals surface area contributed by atoms with E-state index in [-0.39, 0.29) is 5.69 Å². The zero-order valence-electron chi connectivity index (χ0n) is 13.3. The zero-order chi connectivity index (χ0) is 17.4. The number of ether oxygens (including phenoxy) is 1. The number of fused-ring (bicyclic) bond motifs is 1. The number of aromatic carboxylic acids is 1. The number of aromatic nitrogens is 2. The fourth-order valence-electron chi connectivity index (χ4n) is 2.84. The summed E-state index contributed by atoms with van der Waals surface area (Å²) in [5, 5.41) is 11.7. The molecule has 0 bridgehead atoms. The fraction of sp³-hybridized carbons (Fsp3) is 0.0526. The second kappa shape index (κ2) is 6.07. The van der Waals surface area contributed by atoms with Crippen LogP contribution in [0.2, 0.25) is 0 Å². The fourth-order valence-corrected chi connectivity index (χ4v) is 3.74. The van der Waals surface area contributed by atoms with Crippen LogP contribution in [0.1, 0.15) is 10.5 Å². The molecule has 0 aliphatic rings. The number of nitrogens with zero attached hydrogens (tertiary/aromatic N) is 2. The highest BCUT2D eigenvalue weighted by molar-refractivity contribution is 7.15. The van der Waals surface area contributed by atoms with Gasteiger partial charge in [0.1, 0.15) is 11.4 Å². The van der Waals surface area contributed by atoms with Gasteiger partial charge in [0.15, 0.2) is 10.7 Å². The van der Waals surface area contributed by atoms with E-state index in [0.29, 0.717) is 10.7 Å². The maximum Gasteiger partial charge on any atom is 0.355 e. The summed E-state index contributed by atoms with van der Waals surface area (Å²) in [4.78, 5) is 17.2. The van der Waals surface area contributed by atoms with Gasteiger partial charge in [-0.3, -0.25) is 4.40 Å². The van der Waals surface area contributed by atoms with E-state index in [0.717, 1.165) is 22.6 Å². The van der Waals surface area contributed by atoms with Crippen molar-refractivity contribution in [3.63, 3.8) is 0 Å². The molecular weight excluding hydrogens is 336 g/mol. The van der Waals surface area contributed by atoms with Crippen LogP contribution in [0.4, 0.5) is 0 Å². The maximum atomic E-state index is 12.0. The predicted octanol–water partition coefficient (Wildman–Crippen LogP) is 4.44. The minimum Gasteiger partial charge on any atom is -0.497 e. The van der Waals surface area contributed by atoms with Gasteiger partial charge in [-0.1, -0.05) is 42.5 Å². The first-order valence-corrected chi connectivity index (χ1v) is 8.50. The first-order chi connectivity index (χ1) is 12.2. The number of hydrogen-bond acceptors (Lipinski definition) is 4. The van der Waals surface area contributed by atoms with Crippen LogP contribution in [-0.2, 0) is 0 Å². The SMILES string of the molecule is COc1cccc(-c2csc3nc(-c4ccccc4)c(C(=O)O)n23)c1. The van der Waals surface area contributed by atoms with Crippen LogP contribution in [0, 0.1) is 0 Å². The summed E-state index contributed by atoms with van der Waals surface area (Å²) in [5.74, 6) is -0.286. The van der Waals surface area contributed by atoms with E-state index >= 15 is 0 Å². The third kappa shape index (κ3) is 2.56. The summed E-state index contributed by atoms with van der Waals surface area (Å²) >= 11 is 1.42. The topological polar surface area (TPSA) is 63.8 Å². The van der Waals surface area contributed by atoms with E-state index in [1.165, 1.54) is 11.3 Å². The predicted molar refractivity (Wildman–Crippen MR) is 97.5 cm³/mol. The summed E-state index contributed by atoms with van der Waals surface area (Å²) in [6.45, 7) is 0. The highest BCUT2D eigenvalue weighted by atomic mass is 32.1. The van der Waals surface area contributed by atoms with E-state index in [1.807, 2.05) is 60.0 Å². The standard InChI is InChI=1S/C19H14N2O3S/c1-24-14-9-5-8-13(10-14)15-11-25-19-20-16(12-6-3-2-4-7-12)17(18(22)23)21(15)19/h2-11H,1H3,(H,22,23). The summed E-state index contributed by atoms with van der Waals surface area (Å²) < 4.78 is 6.98. The van der Waals surface area contributed by atoms with Crippen LogP contribution in [0.25, 0.3) is 27.5 Å². The van der Waals surface area contributed by atoms with Crippen molar-refractivity contribution in [2.24, 2.45) is 0 Å². The van der Waals surface area contributed by atoms with Gasteiger partial charge in [-0.2, -0.15) is 0 Å². The molecule has 0 spiro atoms. The highest BCUT2D eigenvalue weighted by Gasteiger charge is 2.23. The van der Waals surface area contributed by atoms with Crippen molar-refractivity contribution in [1.82, 2.24) is 9.38 Å². The second-order valence-electron chi connectivity index (χ2n) is 5.45. The van der Waals surface area contributed by atoms with Gasteiger partial charge < -0.3 is 9.84 Å². The molecule has 25 heavy (non-hydrogen) atoms. The average molecular weight is 350 g/mol. The molecule has 2 heterocycles. The van der Waals surface area contributed by atoms with Crippen molar-refractivity contribution in [2.75, 3.05) is 7.11 Å². The number of carboxylic acid groups (broad SMARTS) is 1. The maximum absolute atomic E-state index is 12.0. The summed E-state index contributed by atoms with van der Waals surface area (Å²) in [5.41, 5.74) is 3.09. The first-order valence-electron chi connectivity index (χ1n) is 7.62. The van der Waals surface area contributed by atoms with Crippen LogP contribution < -0.4 is 4.74 Å². The third-order valence-corrected chi connectivity index (χ3v) is 4.80. The Morgan fingerprint density at radius 1 is 1.12 bits per heavy atom. The highest BCUT2D eigenvalue weighted by Crippen LogP contribution is 2.33. The molecule has 2 aromatic carbocycles. The molecule has 0 atom stereocenters. The number of hydrogen-bond donors (Lipinski definition) is 1. The van der Waals surface area contributed by atoms with Crippen molar-refractivity contribution in [3.05, 3.63) is 65.7 Å². The lowest BCUT2D eigenvalue weighted by Crippen LogP contribution is -2.04. The van der Waals surface area contributed by atoms with Crippen molar-refractivity contribution < 1.29 is 14.6 Å². The van der Waals surface area contributed by atoms with E-state index in [4.69, 9.17) is 4.74 Å².